The number of alkyl halides is 3. The van der Waals surface area contributed by atoms with Gasteiger partial charge in [0.05, 0.1) is 17.5 Å². The molecular weight excluding hydrogens is 323 g/mol. The molecule has 4 nitrogen and oxygen atoms in total. The molecule has 1 aliphatic rings. The molecule has 0 heterocycles. The van der Waals surface area contributed by atoms with Crippen molar-refractivity contribution in [3.05, 3.63) is 35.4 Å². The van der Waals surface area contributed by atoms with Crippen molar-refractivity contribution in [2.45, 2.75) is 56.7 Å². The smallest absolute Gasteiger partial charge is 0.416 e. The highest BCUT2D eigenvalue weighted by atomic mass is 19.4. The number of benzene rings is 1. The summed E-state index contributed by atoms with van der Waals surface area (Å²) < 4.78 is 37.9. The van der Waals surface area contributed by atoms with Crippen molar-refractivity contribution >= 4 is 11.9 Å². The summed E-state index contributed by atoms with van der Waals surface area (Å²) in [5.41, 5.74) is -0.806. The quantitative estimate of drug-likeness (QED) is 0.796. The van der Waals surface area contributed by atoms with E-state index in [2.05, 4.69) is 5.32 Å². The first kappa shape index (κ1) is 18.3. The zero-order valence-corrected chi connectivity index (χ0v) is 13.2. The van der Waals surface area contributed by atoms with Crippen molar-refractivity contribution < 1.29 is 27.9 Å². The van der Waals surface area contributed by atoms with Gasteiger partial charge in [0, 0.05) is 6.42 Å². The Morgan fingerprint density at radius 3 is 2.50 bits per heavy atom. The Labute approximate surface area is 138 Å². The molecule has 1 amide bonds. The van der Waals surface area contributed by atoms with Crippen LogP contribution in [-0.4, -0.2) is 22.5 Å². The molecule has 1 aromatic rings. The Morgan fingerprint density at radius 2 is 1.96 bits per heavy atom. The monoisotopic (exact) mass is 343 g/mol. The first-order chi connectivity index (χ1) is 11.2. The molecular formula is C17H20F3NO3. The number of carbonyl (C=O) groups is 2. The molecule has 0 aliphatic heterocycles. The average molecular weight is 343 g/mol. The van der Waals surface area contributed by atoms with E-state index in [9.17, 15) is 22.8 Å². The molecule has 24 heavy (non-hydrogen) atoms. The van der Waals surface area contributed by atoms with E-state index in [1.165, 1.54) is 6.07 Å². The van der Waals surface area contributed by atoms with Crippen molar-refractivity contribution in [3.63, 3.8) is 0 Å². The standard InChI is InChI=1S/C17H20F3NO3/c18-17(19,20)13-6-1-4-12(10-13)5-2-7-14(22)21-16(8-3-9-16)11-15(23)24/h1,4,6,10H,2-3,5,7-9,11H2,(H,21,22)(H,23,24). The number of hydrogen-bond acceptors (Lipinski definition) is 2. The summed E-state index contributed by atoms with van der Waals surface area (Å²) in [4.78, 5) is 22.8. The van der Waals surface area contributed by atoms with Gasteiger partial charge >= 0.3 is 12.1 Å². The van der Waals surface area contributed by atoms with Gasteiger partial charge in [-0.05, 0) is 43.7 Å². The predicted molar refractivity (Wildman–Crippen MR) is 81.4 cm³/mol. The van der Waals surface area contributed by atoms with Crippen LogP contribution in [-0.2, 0) is 22.2 Å². The summed E-state index contributed by atoms with van der Waals surface area (Å²) in [7, 11) is 0. The van der Waals surface area contributed by atoms with E-state index in [1.54, 1.807) is 6.07 Å². The van der Waals surface area contributed by atoms with E-state index in [1.807, 2.05) is 0 Å². The second-order valence-electron chi connectivity index (χ2n) is 6.30. The summed E-state index contributed by atoms with van der Waals surface area (Å²) in [6.45, 7) is 0. The number of amides is 1. The van der Waals surface area contributed by atoms with Crippen LogP contribution in [0.5, 0.6) is 0 Å². The molecule has 0 spiro atoms. The number of rotatable bonds is 7. The molecule has 0 atom stereocenters. The van der Waals surface area contributed by atoms with Crippen LogP contribution in [0.25, 0.3) is 0 Å². The van der Waals surface area contributed by atoms with Gasteiger partial charge in [-0.25, -0.2) is 0 Å². The largest absolute Gasteiger partial charge is 0.481 e. The molecule has 0 unspecified atom stereocenters. The maximum atomic E-state index is 12.6. The van der Waals surface area contributed by atoms with E-state index in [0.29, 0.717) is 31.2 Å². The molecule has 132 valence electrons. The lowest BCUT2D eigenvalue weighted by molar-refractivity contribution is -0.140. The molecule has 0 radical (unpaired) electrons. The molecule has 2 rings (SSSR count). The van der Waals surface area contributed by atoms with Gasteiger partial charge in [0.25, 0.3) is 0 Å². The second-order valence-corrected chi connectivity index (χ2v) is 6.30. The lowest BCUT2D eigenvalue weighted by Gasteiger charge is -2.41. The number of halogens is 3. The third-order valence-electron chi connectivity index (χ3n) is 4.33. The lowest BCUT2D eigenvalue weighted by atomic mass is 9.74. The van der Waals surface area contributed by atoms with Crippen molar-refractivity contribution in [2.24, 2.45) is 0 Å². The van der Waals surface area contributed by atoms with Crippen molar-refractivity contribution in [1.29, 1.82) is 0 Å². The number of carboxylic acids is 1. The number of carboxylic acid groups (broad SMARTS) is 1. The Hall–Kier alpha value is -2.05. The topological polar surface area (TPSA) is 66.4 Å². The van der Waals surface area contributed by atoms with Crippen LogP contribution in [0.1, 0.15) is 49.7 Å². The highest BCUT2D eigenvalue weighted by molar-refractivity contribution is 5.78. The summed E-state index contributed by atoms with van der Waals surface area (Å²) in [5.74, 6) is -1.19. The van der Waals surface area contributed by atoms with E-state index < -0.39 is 23.2 Å². The number of aryl methyl sites for hydroxylation is 1. The molecule has 2 N–H and O–H groups in total. The molecule has 0 bridgehead atoms. The zero-order chi connectivity index (χ0) is 17.8. The SMILES string of the molecule is O=C(O)CC1(NC(=O)CCCc2cccc(C(F)(F)F)c2)CCC1. The molecule has 1 aliphatic carbocycles. The van der Waals surface area contributed by atoms with Crippen LogP contribution in [0.3, 0.4) is 0 Å². The molecule has 7 heteroatoms. The van der Waals surface area contributed by atoms with Gasteiger partial charge in [-0.15, -0.1) is 0 Å². The van der Waals surface area contributed by atoms with Gasteiger partial charge in [-0.2, -0.15) is 13.2 Å². The lowest BCUT2D eigenvalue weighted by Crippen LogP contribution is -2.54. The summed E-state index contributed by atoms with van der Waals surface area (Å²) in [6, 6.07) is 5.07. The highest BCUT2D eigenvalue weighted by Crippen LogP contribution is 2.35. The maximum Gasteiger partial charge on any atom is 0.416 e. The number of nitrogens with one attached hydrogen (secondary N) is 1. The van der Waals surface area contributed by atoms with Crippen LogP contribution in [0.15, 0.2) is 24.3 Å². The Balaban J connectivity index is 1.82. The summed E-state index contributed by atoms with van der Waals surface area (Å²) in [5, 5.41) is 11.7. The minimum atomic E-state index is -4.37. The number of aliphatic carboxylic acids is 1. The Bertz CT molecular complexity index is 609. The van der Waals surface area contributed by atoms with Crippen LogP contribution in [0, 0.1) is 0 Å². The third kappa shape index (κ3) is 4.97. The van der Waals surface area contributed by atoms with Crippen molar-refractivity contribution in [3.8, 4) is 0 Å². The normalized spacial score (nSPS) is 16.3. The molecule has 0 aromatic heterocycles. The van der Waals surface area contributed by atoms with Gasteiger partial charge < -0.3 is 10.4 Å². The van der Waals surface area contributed by atoms with Crippen LogP contribution < -0.4 is 5.32 Å². The van der Waals surface area contributed by atoms with Gasteiger partial charge in [0.2, 0.25) is 5.91 Å². The third-order valence-corrected chi connectivity index (χ3v) is 4.33. The molecule has 0 saturated heterocycles. The average Bonchev–Trinajstić information content (AvgIpc) is 2.44. The van der Waals surface area contributed by atoms with Gasteiger partial charge in [-0.1, -0.05) is 18.2 Å². The Morgan fingerprint density at radius 1 is 1.25 bits per heavy atom. The number of hydrogen-bond donors (Lipinski definition) is 2. The molecule has 1 saturated carbocycles. The van der Waals surface area contributed by atoms with Gasteiger partial charge in [-0.3, -0.25) is 9.59 Å². The Kier molecular flexibility index (Phi) is 5.51. The second kappa shape index (κ2) is 7.23. The van der Waals surface area contributed by atoms with E-state index in [4.69, 9.17) is 5.11 Å². The highest BCUT2D eigenvalue weighted by Gasteiger charge is 2.40. The van der Waals surface area contributed by atoms with Crippen LogP contribution in [0.2, 0.25) is 0 Å². The van der Waals surface area contributed by atoms with E-state index in [-0.39, 0.29) is 18.7 Å². The van der Waals surface area contributed by atoms with Crippen LogP contribution >= 0.6 is 0 Å². The fourth-order valence-corrected chi connectivity index (χ4v) is 2.95. The fourth-order valence-electron chi connectivity index (χ4n) is 2.95. The van der Waals surface area contributed by atoms with E-state index in [0.717, 1.165) is 18.6 Å². The summed E-state index contributed by atoms with van der Waals surface area (Å²) >= 11 is 0. The maximum absolute atomic E-state index is 12.6. The van der Waals surface area contributed by atoms with Crippen molar-refractivity contribution in [2.75, 3.05) is 0 Å². The zero-order valence-electron chi connectivity index (χ0n) is 13.2. The van der Waals surface area contributed by atoms with E-state index >= 15 is 0 Å². The van der Waals surface area contributed by atoms with Gasteiger partial charge in [0.15, 0.2) is 0 Å². The minimum absolute atomic E-state index is 0.0909. The number of carbonyl (C=O) groups excluding carboxylic acids is 1. The molecule has 1 aromatic carbocycles. The summed E-state index contributed by atoms with van der Waals surface area (Å²) in [6.07, 6.45) is -1.33. The minimum Gasteiger partial charge on any atom is -0.481 e. The van der Waals surface area contributed by atoms with Crippen LogP contribution in [0.4, 0.5) is 13.2 Å². The first-order valence-corrected chi connectivity index (χ1v) is 7.89. The van der Waals surface area contributed by atoms with Gasteiger partial charge in [0.1, 0.15) is 0 Å². The molecule has 1 fully saturated rings. The fraction of sp³-hybridized carbons (Fsp3) is 0.529. The van der Waals surface area contributed by atoms with Crippen molar-refractivity contribution in [1.82, 2.24) is 5.32 Å². The predicted octanol–water partition coefficient (Wildman–Crippen LogP) is 3.54. The first-order valence-electron chi connectivity index (χ1n) is 7.89.